The van der Waals surface area contributed by atoms with Gasteiger partial charge in [0.1, 0.15) is 5.35 Å². The number of rotatable bonds is 1. The zero-order chi connectivity index (χ0) is 8.27. The van der Waals surface area contributed by atoms with Crippen molar-refractivity contribution in [1.29, 1.82) is 0 Å². The summed E-state index contributed by atoms with van der Waals surface area (Å²) >= 11 is 0. The van der Waals surface area contributed by atoms with E-state index in [-0.39, 0.29) is 6.01 Å². The molecule has 0 aromatic carbocycles. The lowest BCUT2D eigenvalue weighted by Crippen LogP contribution is -2.20. The molecular weight excluding hydrogens is 140 g/mol. The highest BCUT2D eigenvalue weighted by molar-refractivity contribution is 5.34. The average molecular weight is 150 g/mol. The topological polar surface area (TPSA) is 52.0 Å². The van der Waals surface area contributed by atoms with Gasteiger partial charge in [0.25, 0.3) is 6.01 Å². The van der Waals surface area contributed by atoms with Crippen LogP contribution in [0, 0.1) is 0 Å². The molecule has 58 valence electrons. The predicted molar refractivity (Wildman–Crippen MR) is 45.0 cm³/mol. The second-order valence-corrected chi connectivity index (χ2v) is 1.99. The quantitative estimate of drug-likeness (QED) is 0.614. The van der Waals surface area contributed by atoms with Gasteiger partial charge in [-0.15, -0.1) is 0 Å². The van der Waals surface area contributed by atoms with Gasteiger partial charge in [0.15, 0.2) is 5.42 Å². The maximum absolute atomic E-state index is 5.33. The van der Waals surface area contributed by atoms with E-state index in [1.807, 2.05) is 6.92 Å². The Morgan fingerprint density at radius 2 is 2.36 bits per heavy atom. The molecule has 1 aromatic rings. The number of aromatic nitrogens is 1. The Morgan fingerprint density at radius 3 is 2.91 bits per heavy atom. The van der Waals surface area contributed by atoms with E-state index in [0.717, 1.165) is 5.35 Å². The van der Waals surface area contributed by atoms with Crippen LogP contribution in [0.1, 0.15) is 6.92 Å². The van der Waals surface area contributed by atoms with Crippen LogP contribution in [0.25, 0.3) is 12.2 Å². The summed E-state index contributed by atoms with van der Waals surface area (Å²) in [4.78, 5) is 3.92. The van der Waals surface area contributed by atoms with Crippen LogP contribution in [0.15, 0.2) is 17.1 Å². The van der Waals surface area contributed by atoms with Gasteiger partial charge in [0.2, 0.25) is 0 Å². The van der Waals surface area contributed by atoms with Crippen molar-refractivity contribution in [3.63, 3.8) is 0 Å². The summed E-state index contributed by atoms with van der Waals surface area (Å²) in [7, 11) is 0. The van der Waals surface area contributed by atoms with Crippen LogP contribution in [0.4, 0.5) is 6.01 Å². The number of hydrogen-bond acceptors (Lipinski definition) is 3. The molecule has 0 bridgehead atoms. The second-order valence-electron chi connectivity index (χ2n) is 1.99. The standard InChI is InChI=1S/C8H10N2O/c1-3-5-6-7(4-2)11-8(9)10-6/h3-5H,1H2,2H3,(H2,9,10)/b6-5+,7-4+. The van der Waals surface area contributed by atoms with Gasteiger partial charge in [0, 0.05) is 0 Å². The van der Waals surface area contributed by atoms with E-state index in [1.54, 1.807) is 18.2 Å². The first-order valence-electron chi connectivity index (χ1n) is 3.29. The van der Waals surface area contributed by atoms with Gasteiger partial charge in [-0.1, -0.05) is 12.7 Å². The van der Waals surface area contributed by atoms with Gasteiger partial charge in [-0.2, -0.15) is 4.98 Å². The fourth-order valence-corrected chi connectivity index (χ4v) is 0.799. The average Bonchev–Trinajstić information content (AvgIpc) is 2.32. The molecule has 1 aromatic heterocycles. The number of anilines is 1. The summed E-state index contributed by atoms with van der Waals surface area (Å²) in [6.45, 7) is 5.41. The molecule has 3 nitrogen and oxygen atoms in total. The number of oxazole rings is 1. The van der Waals surface area contributed by atoms with Gasteiger partial charge in [-0.25, -0.2) is 0 Å². The Bertz CT molecular complexity index is 362. The molecule has 0 aliphatic carbocycles. The molecule has 0 aliphatic rings. The third-order valence-electron chi connectivity index (χ3n) is 1.24. The van der Waals surface area contributed by atoms with Crippen molar-refractivity contribution in [2.75, 3.05) is 5.73 Å². The summed E-state index contributed by atoms with van der Waals surface area (Å²) < 4.78 is 5.05. The lowest BCUT2D eigenvalue weighted by molar-refractivity contribution is 0.545. The molecule has 0 saturated heterocycles. The minimum Gasteiger partial charge on any atom is -0.424 e. The monoisotopic (exact) mass is 150 g/mol. The highest BCUT2D eigenvalue weighted by atomic mass is 16.4. The Kier molecular flexibility index (Phi) is 2.11. The van der Waals surface area contributed by atoms with Gasteiger partial charge in [0.05, 0.1) is 0 Å². The zero-order valence-corrected chi connectivity index (χ0v) is 6.37. The van der Waals surface area contributed by atoms with Crippen LogP contribution in [0.5, 0.6) is 0 Å². The predicted octanol–water partition coefficient (Wildman–Crippen LogP) is 0.0237. The highest BCUT2D eigenvalue weighted by Gasteiger charge is 1.92. The van der Waals surface area contributed by atoms with E-state index < -0.39 is 0 Å². The number of nitrogens with zero attached hydrogens (tertiary/aromatic N) is 1. The molecule has 0 amide bonds. The van der Waals surface area contributed by atoms with Crippen molar-refractivity contribution < 1.29 is 4.42 Å². The number of nitrogen functional groups attached to an aromatic ring is 1. The first-order chi connectivity index (χ1) is 5.27. The number of allylic oxidation sites excluding steroid dienone is 1. The van der Waals surface area contributed by atoms with E-state index in [2.05, 4.69) is 11.6 Å². The Morgan fingerprint density at radius 1 is 1.64 bits per heavy atom. The normalized spacial score (nSPS) is 13.9. The van der Waals surface area contributed by atoms with E-state index >= 15 is 0 Å². The van der Waals surface area contributed by atoms with E-state index in [9.17, 15) is 0 Å². The van der Waals surface area contributed by atoms with Crippen LogP contribution in [0.3, 0.4) is 0 Å². The summed E-state index contributed by atoms with van der Waals surface area (Å²) in [5.41, 5.74) is 6.02. The molecule has 11 heavy (non-hydrogen) atoms. The fraction of sp³-hybridized carbons (Fsp3) is 0.125. The SMILES string of the molecule is C=C/C=c1/nc(N)o/c1=C/C. The van der Waals surface area contributed by atoms with Gasteiger partial charge in [-0.05, 0) is 19.1 Å². The van der Waals surface area contributed by atoms with Crippen molar-refractivity contribution >= 4 is 18.2 Å². The molecular formula is C8H10N2O. The van der Waals surface area contributed by atoms with Crippen LogP contribution < -0.4 is 16.5 Å². The first kappa shape index (κ1) is 7.60. The highest BCUT2D eigenvalue weighted by Crippen LogP contribution is 1.82. The van der Waals surface area contributed by atoms with Gasteiger partial charge >= 0.3 is 0 Å². The van der Waals surface area contributed by atoms with Crippen LogP contribution in [0.2, 0.25) is 0 Å². The molecule has 1 rings (SSSR count). The lowest BCUT2D eigenvalue weighted by atomic mass is 10.4. The first-order valence-corrected chi connectivity index (χ1v) is 3.29. The van der Waals surface area contributed by atoms with Crippen molar-refractivity contribution in [2.45, 2.75) is 6.92 Å². The minimum atomic E-state index is 0.186. The zero-order valence-electron chi connectivity index (χ0n) is 6.37. The molecule has 0 spiro atoms. The number of hydrogen-bond donors (Lipinski definition) is 1. The molecule has 0 atom stereocenters. The Hall–Kier alpha value is -1.51. The molecule has 0 unspecified atom stereocenters. The van der Waals surface area contributed by atoms with Crippen molar-refractivity contribution in [2.24, 2.45) is 0 Å². The third kappa shape index (κ3) is 1.49. The van der Waals surface area contributed by atoms with E-state index in [0.29, 0.717) is 5.42 Å². The summed E-state index contributed by atoms with van der Waals surface area (Å²) in [6.07, 6.45) is 5.19. The number of nitrogens with two attached hydrogens (primary N) is 1. The summed E-state index contributed by atoms with van der Waals surface area (Å²) in [6, 6.07) is 0.186. The Balaban J connectivity index is 3.47. The largest absolute Gasteiger partial charge is 0.424 e. The molecule has 1 heterocycles. The minimum absolute atomic E-state index is 0.186. The fourth-order valence-electron chi connectivity index (χ4n) is 0.799. The van der Waals surface area contributed by atoms with E-state index in [4.69, 9.17) is 10.2 Å². The maximum atomic E-state index is 5.33. The van der Waals surface area contributed by atoms with Gasteiger partial charge < -0.3 is 10.2 Å². The Labute approximate surface area is 64.5 Å². The van der Waals surface area contributed by atoms with Gasteiger partial charge in [-0.3, -0.25) is 0 Å². The molecule has 0 aliphatic heterocycles. The third-order valence-corrected chi connectivity index (χ3v) is 1.24. The molecule has 0 saturated carbocycles. The summed E-state index contributed by atoms with van der Waals surface area (Å²) in [5.74, 6) is 0. The van der Waals surface area contributed by atoms with Crippen molar-refractivity contribution in [1.82, 2.24) is 4.98 Å². The lowest BCUT2D eigenvalue weighted by Gasteiger charge is -1.71. The second kappa shape index (κ2) is 3.05. The van der Waals surface area contributed by atoms with Crippen LogP contribution in [-0.4, -0.2) is 4.98 Å². The van der Waals surface area contributed by atoms with E-state index in [1.165, 1.54) is 0 Å². The van der Waals surface area contributed by atoms with Crippen molar-refractivity contribution in [3.8, 4) is 0 Å². The molecule has 2 N–H and O–H groups in total. The maximum Gasteiger partial charge on any atom is 0.292 e. The smallest absolute Gasteiger partial charge is 0.292 e. The van der Waals surface area contributed by atoms with Crippen LogP contribution in [-0.2, 0) is 0 Å². The summed E-state index contributed by atoms with van der Waals surface area (Å²) in [5, 5.41) is 0.722. The molecule has 3 heteroatoms. The molecule has 0 fully saturated rings. The van der Waals surface area contributed by atoms with Crippen molar-refractivity contribution in [3.05, 3.63) is 23.4 Å². The molecule has 0 radical (unpaired) electrons. The van der Waals surface area contributed by atoms with Crippen LogP contribution >= 0.6 is 0 Å².